The third-order valence-electron chi connectivity index (χ3n) is 5.98. The van der Waals surface area contributed by atoms with E-state index in [9.17, 15) is 13.2 Å². The van der Waals surface area contributed by atoms with Crippen LogP contribution < -0.4 is 0 Å². The van der Waals surface area contributed by atoms with Gasteiger partial charge in [-0.3, -0.25) is 4.99 Å². The maximum absolute atomic E-state index is 14.8. The van der Waals surface area contributed by atoms with Gasteiger partial charge in [-0.2, -0.15) is 0 Å². The molecule has 2 aliphatic carbocycles. The first kappa shape index (κ1) is 15.0. The number of rotatable bonds is 1. The van der Waals surface area contributed by atoms with E-state index in [1.807, 2.05) is 12.4 Å². The van der Waals surface area contributed by atoms with Gasteiger partial charge in [0.05, 0.1) is 5.92 Å². The van der Waals surface area contributed by atoms with Crippen LogP contribution in [0.3, 0.4) is 0 Å². The molecule has 122 valence electrons. The van der Waals surface area contributed by atoms with Crippen molar-refractivity contribution in [3.05, 3.63) is 47.9 Å². The molecule has 4 heteroatoms. The van der Waals surface area contributed by atoms with Crippen molar-refractivity contribution in [2.24, 2.45) is 28.7 Å². The number of hydrogen-bond donors (Lipinski definition) is 0. The molecule has 0 spiro atoms. The van der Waals surface area contributed by atoms with Gasteiger partial charge in [-0.1, -0.05) is 18.2 Å². The number of hydrogen-bond acceptors (Lipinski definition) is 1. The Kier molecular flexibility index (Phi) is 3.58. The molecule has 5 atom stereocenters. The summed E-state index contributed by atoms with van der Waals surface area (Å²) in [6.07, 6.45) is 8.14. The van der Waals surface area contributed by atoms with Crippen LogP contribution in [0.15, 0.2) is 41.5 Å². The molecule has 1 aromatic rings. The van der Waals surface area contributed by atoms with E-state index >= 15 is 0 Å². The first-order valence-corrected chi connectivity index (χ1v) is 8.38. The zero-order valence-electron chi connectivity index (χ0n) is 12.8. The van der Waals surface area contributed by atoms with Gasteiger partial charge in [0.2, 0.25) is 0 Å². The van der Waals surface area contributed by atoms with Crippen LogP contribution in [0.1, 0.15) is 37.2 Å². The van der Waals surface area contributed by atoms with Gasteiger partial charge in [0.15, 0.2) is 0 Å². The monoisotopic (exact) mass is 319 g/mol. The normalized spacial score (nSPS) is 38.0. The highest BCUT2D eigenvalue weighted by atomic mass is 19.3. The number of nitrogens with zero attached hydrogens (tertiary/aromatic N) is 1. The Morgan fingerprint density at radius 1 is 1.09 bits per heavy atom. The zero-order chi connectivity index (χ0) is 16.0. The summed E-state index contributed by atoms with van der Waals surface area (Å²) >= 11 is 0. The standard InChI is InChI=1S/C19H20F3N/c20-14-3-1-2-13(10-14)18-16-5-4-12-6-8-23-9-7-15(12)17(16)11-19(18,21)22/h1-3,6,8-10,12,15-18H,4-5,7,11H2. The Balaban J connectivity index is 1.70. The summed E-state index contributed by atoms with van der Waals surface area (Å²) in [6, 6.07) is 5.81. The fourth-order valence-electron chi connectivity index (χ4n) is 5.10. The lowest BCUT2D eigenvalue weighted by atomic mass is 9.65. The van der Waals surface area contributed by atoms with Crippen LogP contribution in [0.25, 0.3) is 0 Å². The summed E-state index contributed by atoms with van der Waals surface area (Å²) in [4.78, 5) is 4.19. The fourth-order valence-corrected chi connectivity index (χ4v) is 5.10. The van der Waals surface area contributed by atoms with Crippen molar-refractivity contribution >= 4 is 6.21 Å². The predicted molar refractivity (Wildman–Crippen MR) is 84.1 cm³/mol. The highest BCUT2D eigenvalue weighted by Gasteiger charge is 2.59. The predicted octanol–water partition coefficient (Wildman–Crippen LogP) is 5.20. The SMILES string of the molecule is Fc1cccc(C2C3CCC4C=CN=CCC4C3CC2(F)F)c1. The highest BCUT2D eigenvalue weighted by molar-refractivity contribution is 5.59. The van der Waals surface area contributed by atoms with Gasteiger partial charge < -0.3 is 0 Å². The molecule has 1 nitrogen and oxygen atoms in total. The summed E-state index contributed by atoms with van der Waals surface area (Å²) < 4.78 is 43.2. The van der Waals surface area contributed by atoms with Gasteiger partial charge in [-0.25, -0.2) is 13.2 Å². The quantitative estimate of drug-likeness (QED) is 0.675. The second-order valence-corrected chi connectivity index (χ2v) is 7.14. The molecule has 1 aromatic carbocycles. The molecule has 0 N–H and O–H groups in total. The minimum absolute atomic E-state index is 0.00813. The maximum Gasteiger partial charge on any atom is 0.255 e. The summed E-state index contributed by atoms with van der Waals surface area (Å²) in [7, 11) is 0. The molecule has 0 bridgehead atoms. The average Bonchev–Trinajstić information content (AvgIpc) is 2.65. The van der Waals surface area contributed by atoms with Crippen molar-refractivity contribution in [1.82, 2.24) is 0 Å². The van der Waals surface area contributed by atoms with Crippen molar-refractivity contribution in [2.75, 3.05) is 0 Å². The lowest BCUT2D eigenvalue weighted by Gasteiger charge is -2.39. The van der Waals surface area contributed by atoms with Gasteiger partial charge in [0.1, 0.15) is 5.82 Å². The Labute approximate surface area is 134 Å². The number of allylic oxidation sites excluding steroid dienone is 1. The summed E-state index contributed by atoms with van der Waals surface area (Å²) in [5.41, 5.74) is 0.457. The van der Waals surface area contributed by atoms with Gasteiger partial charge in [-0.05, 0) is 60.6 Å². The van der Waals surface area contributed by atoms with Gasteiger partial charge in [0.25, 0.3) is 5.92 Å². The molecule has 1 heterocycles. The van der Waals surface area contributed by atoms with Crippen LogP contribution in [0.4, 0.5) is 13.2 Å². The van der Waals surface area contributed by atoms with Crippen LogP contribution in [0.2, 0.25) is 0 Å². The molecule has 0 aromatic heterocycles. The average molecular weight is 319 g/mol. The van der Waals surface area contributed by atoms with Crippen molar-refractivity contribution < 1.29 is 13.2 Å². The Bertz CT molecular complexity index is 652. The molecule has 3 aliphatic rings. The largest absolute Gasteiger partial charge is 0.269 e. The topological polar surface area (TPSA) is 12.4 Å². The number of alkyl halides is 2. The first-order valence-electron chi connectivity index (χ1n) is 8.38. The van der Waals surface area contributed by atoms with E-state index in [0.717, 1.165) is 19.3 Å². The van der Waals surface area contributed by atoms with E-state index in [1.54, 1.807) is 12.1 Å². The Hall–Kier alpha value is -1.58. The molecule has 0 radical (unpaired) electrons. The molecule has 4 rings (SSSR count). The van der Waals surface area contributed by atoms with Crippen LogP contribution >= 0.6 is 0 Å². The second kappa shape index (κ2) is 5.50. The minimum Gasteiger partial charge on any atom is -0.269 e. The van der Waals surface area contributed by atoms with E-state index in [1.165, 1.54) is 12.1 Å². The van der Waals surface area contributed by atoms with Gasteiger partial charge in [0, 0.05) is 18.8 Å². The van der Waals surface area contributed by atoms with Crippen molar-refractivity contribution in [3.63, 3.8) is 0 Å². The highest BCUT2D eigenvalue weighted by Crippen LogP contribution is 2.61. The fraction of sp³-hybridized carbons (Fsp3) is 0.526. The molecule has 2 fully saturated rings. The van der Waals surface area contributed by atoms with Crippen molar-refractivity contribution in [3.8, 4) is 0 Å². The third-order valence-corrected chi connectivity index (χ3v) is 5.98. The Morgan fingerprint density at radius 2 is 1.96 bits per heavy atom. The lowest BCUT2D eigenvalue weighted by molar-refractivity contribution is -0.0173. The summed E-state index contributed by atoms with van der Waals surface area (Å²) in [6.45, 7) is 0. The minimum atomic E-state index is -2.76. The second-order valence-electron chi connectivity index (χ2n) is 7.14. The third kappa shape index (κ3) is 2.52. The zero-order valence-corrected chi connectivity index (χ0v) is 12.8. The number of aliphatic imine (C=N–C) groups is 1. The molecule has 23 heavy (non-hydrogen) atoms. The van der Waals surface area contributed by atoms with E-state index in [-0.39, 0.29) is 24.2 Å². The smallest absolute Gasteiger partial charge is 0.255 e. The molecule has 0 amide bonds. The van der Waals surface area contributed by atoms with Gasteiger partial charge >= 0.3 is 0 Å². The number of halogens is 3. The van der Waals surface area contributed by atoms with Crippen LogP contribution in [-0.4, -0.2) is 12.1 Å². The molecule has 0 saturated heterocycles. The van der Waals surface area contributed by atoms with Crippen LogP contribution in [0.5, 0.6) is 0 Å². The molecular weight excluding hydrogens is 299 g/mol. The van der Waals surface area contributed by atoms with Gasteiger partial charge in [-0.15, -0.1) is 0 Å². The summed E-state index contributed by atoms with van der Waals surface area (Å²) in [5.74, 6) is -3.53. The van der Waals surface area contributed by atoms with E-state index in [0.29, 0.717) is 11.5 Å². The van der Waals surface area contributed by atoms with E-state index < -0.39 is 17.7 Å². The number of benzene rings is 1. The molecular formula is C19H20F3N. The molecule has 1 aliphatic heterocycles. The lowest BCUT2D eigenvalue weighted by Crippen LogP contribution is -2.32. The number of fused-ring (bicyclic) bond motifs is 3. The molecule has 5 unspecified atom stereocenters. The molecule has 2 saturated carbocycles. The maximum atomic E-state index is 14.8. The van der Waals surface area contributed by atoms with Crippen molar-refractivity contribution in [1.29, 1.82) is 0 Å². The van der Waals surface area contributed by atoms with E-state index in [4.69, 9.17) is 0 Å². The van der Waals surface area contributed by atoms with Crippen molar-refractivity contribution in [2.45, 2.75) is 37.5 Å². The van der Waals surface area contributed by atoms with Crippen LogP contribution in [0, 0.1) is 29.5 Å². The van der Waals surface area contributed by atoms with E-state index in [2.05, 4.69) is 11.1 Å². The Morgan fingerprint density at radius 3 is 2.78 bits per heavy atom. The van der Waals surface area contributed by atoms with Crippen LogP contribution in [-0.2, 0) is 0 Å². The first-order chi connectivity index (χ1) is 11.1. The summed E-state index contributed by atoms with van der Waals surface area (Å²) in [5, 5.41) is 0.